The number of carbonyl (C=O) groups excluding carboxylic acids is 1. The molecule has 1 saturated carbocycles. The van der Waals surface area contributed by atoms with Crippen LogP contribution in [0.5, 0.6) is 0 Å². The first-order valence-corrected chi connectivity index (χ1v) is 5.93. The van der Waals surface area contributed by atoms with E-state index < -0.39 is 0 Å². The molecular formula is C13H22O. The number of rotatable bonds is 6. The lowest BCUT2D eigenvalue weighted by Crippen LogP contribution is -2.14. The highest BCUT2D eigenvalue weighted by molar-refractivity contribution is 5.83. The van der Waals surface area contributed by atoms with Crippen LogP contribution in [0.15, 0.2) is 12.7 Å². The van der Waals surface area contributed by atoms with Crippen molar-refractivity contribution in [2.45, 2.75) is 51.9 Å². The minimum Gasteiger partial charge on any atom is -0.299 e. The van der Waals surface area contributed by atoms with Gasteiger partial charge >= 0.3 is 0 Å². The molecule has 1 rings (SSSR count). The lowest BCUT2D eigenvalue weighted by molar-refractivity contribution is -0.121. The third-order valence-electron chi connectivity index (χ3n) is 3.33. The van der Waals surface area contributed by atoms with Crippen LogP contribution in [-0.4, -0.2) is 5.78 Å². The molecule has 0 amide bonds. The minimum absolute atomic E-state index is 0.361. The Morgan fingerprint density at radius 2 is 2.29 bits per heavy atom. The van der Waals surface area contributed by atoms with Crippen molar-refractivity contribution >= 4 is 5.78 Å². The normalized spacial score (nSPS) is 26.8. The molecule has 14 heavy (non-hydrogen) atoms. The van der Waals surface area contributed by atoms with Gasteiger partial charge in [-0.1, -0.05) is 32.3 Å². The molecule has 80 valence electrons. The smallest absolute Gasteiger partial charge is 0.136 e. The molecule has 1 fully saturated rings. The van der Waals surface area contributed by atoms with Gasteiger partial charge in [0.1, 0.15) is 5.78 Å². The zero-order valence-corrected chi connectivity index (χ0v) is 9.30. The quantitative estimate of drug-likeness (QED) is 0.465. The lowest BCUT2D eigenvalue weighted by atomic mass is 9.88. The summed E-state index contributed by atoms with van der Waals surface area (Å²) < 4.78 is 0. The average Bonchev–Trinajstić information content (AvgIpc) is 2.50. The average molecular weight is 194 g/mol. The second-order valence-electron chi connectivity index (χ2n) is 4.39. The van der Waals surface area contributed by atoms with Gasteiger partial charge in [0.2, 0.25) is 0 Å². The Hall–Kier alpha value is -0.590. The van der Waals surface area contributed by atoms with Crippen LogP contribution in [0.2, 0.25) is 0 Å². The van der Waals surface area contributed by atoms with Gasteiger partial charge in [-0.2, -0.15) is 0 Å². The molecule has 1 nitrogen and oxygen atoms in total. The molecule has 0 aromatic rings. The van der Waals surface area contributed by atoms with E-state index in [0.29, 0.717) is 17.6 Å². The van der Waals surface area contributed by atoms with Gasteiger partial charge in [-0.15, -0.1) is 6.58 Å². The zero-order chi connectivity index (χ0) is 10.4. The van der Waals surface area contributed by atoms with Crippen molar-refractivity contribution in [3.63, 3.8) is 0 Å². The second kappa shape index (κ2) is 6.00. The van der Waals surface area contributed by atoms with Crippen LogP contribution in [0, 0.1) is 11.8 Å². The van der Waals surface area contributed by atoms with E-state index in [2.05, 4.69) is 13.5 Å². The van der Waals surface area contributed by atoms with Gasteiger partial charge in [-0.25, -0.2) is 0 Å². The molecule has 0 radical (unpaired) electrons. The molecule has 2 atom stereocenters. The van der Waals surface area contributed by atoms with E-state index in [1.165, 1.54) is 19.3 Å². The van der Waals surface area contributed by atoms with Crippen molar-refractivity contribution in [1.29, 1.82) is 0 Å². The van der Waals surface area contributed by atoms with Crippen molar-refractivity contribution in [2.24, 2.45) is 11.8 Å². The Labute approximate surface area is 87.6 Å². The van der Waals surface area contributed by atoms with Crippen LogP contribution >= 0.6 is 0 Å². The first-order chi connectivity index (χ1) is 6.79. The summed E-state index contributed by atoms with van der Waals surface area (Å²) >= 11 is 0. The van der Waals surface area contributed by atoms with Gasteiger partial charge < -0.3 is 0 Å². The summed E-state index contributed by atoms with van der Waals surface area (Å²) in [7, 11) is 0. The summed E-state index contributed by atoms with van der Waals surface area (Å²) in [6.07, 6.45) is 9.76. The van der Waals surface area contributed by atoms with Crippen LogP contribution in [-0.2, 0) is 4.79 Å². The molecule has 0 spiro atoms. The van der Waals surface area contributed by atoms with Crippen molar-refractivity contribution in [1.82, 2.24) is 0 Å². The highest BCUT2D eigenvalue weighted by atomic mass is 16.1. The Balaban J connectivity index is 2.36. The van der Waals surface area contributed by atoms with E-state index in [1.54, 1.807) is 0 Å². The minimum atomic E-state index is 0.361. The summed E-state index contributed by atoms with van der Waals surface area (Å²) in [5, 5.41) is 0. The largest absolute Gasteiger partial charge is 0.299 e. The monoisotopic (exact) mass is 194 g/mol. The number of ketones is 1. The molecule has 0 heterocycles. The molecule has 0 saturated heterocycles. The molecule has 0 aliphatic heterocycles. The molecule has 0 aromatic heterocycles. The van der Waals surface area contributed by atoms with E-state index in [0.717, 1.165) is 25.7 Å². The molecule has 1 aliphatic carbocycles. The highest BCUT2D eigenvalue weighted by Gasteiger charge is 2.32. The van der Waals surface area contributed by atoms with Crippen LogP contribution in [0.25, 0.3) is 0 Å². The topological polar surface area (TPSA) is 17.1 Å². The van der Waals surface area contributed by atoms with Gasteiger partial charge in [-0.05, 0) is 25.2 Å². The standard InChI is InChI=1S/C13H22O/c1-3-5-6-8-12-11(7-4-2)9-10-13(12)14/h4,11-12H,2-3,5-10H2,1H3/t11-,12-/m1/s1. The fourth-order valence-electron chi connectivity index (χ4n) is 2.48. The van der Waals surface area contributed by atoms with Crippen LogP contribution < -0.4 is 0 Å². The van der Waals surface area contributed by atoms with Crippen molar-refractivity contribution in [3.8, 4) is 0 Å². The van der Waals surface area contributed by atoms with E-state index in [9.17, 15) is 4.79 Å². The van der Waals surface area contributed by atoms with Crippen LogP contribution in [0.4, 0.5) is 0 Å². The molecular weight excluding hydrogens is 172 g/mol. The summed E-state index contributed by atoms with van der Waals surface area (Å²) in [5.74, 6) is 1.48. The summed E-state index contributed by atoms with van der Waals surface area (Å²) in [4.78, 5) is 11.6. The molecule has 0 bridgehead atoms. The number of unbranched alkanes of at least 4 members (excludes halogenated alkanes) is 2. The lowest BCUT2D eigenvalue weighted by Gasteiger charge is -2.16. The second-order valence-corrected chi connectivity index (χ2v) is 4.39. The molecule has 0 aromatic carbocycles. The summed E-state index contributed by atoms with van der Waals surface area (Å²) in [6.45, 7) is 5.97. The van der Waals surface area contributed by atoms with Gasteiger partial charge in [0.05, 0.1) is 0 Å². The SMILES string of the molecule is C=CC[C@@H]1CCC(=O)[C@@H]1CCCCC. The third-order valence-corrected chi connectivity index (χ3v) is 3.33. The predicted octanol–water partition coefficient (Wildman–Crippen LogP) is 3.74. The zero-order valence-electron chi connectivity index (χ0n) is 9.30. The first kappa shape index (κ1) is 11.5. The van der Waals surface area contributed by atoms with E-state index in [4.69, 9.17) is 0 Å². The number of Topliss-reactive ketones (excluding diaryl/α,β-unsaturated/α-hetero) is 1. The number of hydrogen-bond donors (Lipinski definition) is 0. The Bertz CT molecular complexity index is 195. The van der Waals surface area contributed by atoms with Gasteiger partial charge in [-0.3, -0.25) is 4.79 Å². The first-order valence-electron chi connectivity index (χ1n) is 5.93. The van der Waals surface area contributed by atoms with Gasteiger partial charge in [0.25, 0.3) is 0 Å². The van der Waals surface area contributed by atoms with Crippen molar-refractivity contribution < 1.29 is 4.79 Å². The number of carbonyl (C=O) groups is 1. The van der Waals surface area contributed by atoms with Crippen LogP contribution in [0.1, 0.15) is 51.9 Å². The van der Waals surface area contributed by atoms with Crippen molar-refractivity contribution in [2.75, 3.05) is 0 Å². The van der Waals surface area contributed by atoms with Gasteiger partial charge in [0, 0.05) is 12.3 Å². The molecule has 0 N–H and O–H groups in total. The Morgan fingerprint density at radius 1 is 1.50 bits per heavy atom. The summed E-state index contributed by atoms with van der Waals surface area (Å²) in [5.41, 5.74) is 0. The van der Waals surface area contributed by atoms with Gasteiger partial charge in [0.15, 0.2) is 0 Å². The maximum absolute atomic E-state index is 11.6. The fourth-order valence-corrected chi connectivity index (χ4v) is 2.48. The highest BCUT2D eigenvalue weighted by Crippen LogP contribution is 2.34. The third kappa shape index (κ3) is 2.97. The summed E-state index contributed by atoms with van der Waals surface area (Å²) in [6, 6.07) is 0. The van der Waals surface area contributed by atoms with E-state index in [1.807, 2.05) is 6.08 Å². The van der Waals surface area contributed by atoms with Crippen molar-refractivity contribution in [3.05, 3.63) is 12.7 Å². The van der Waals surface area contributed by atoms with E-state index >= 15 is 0 Å². The number of allylic oxidation sites excluding steroid dienone is 1. The molecule has 1 aliphatic rings. The molecule has 1 heteroatoms. The predicted molar refractivity (Wildman–Crippen MR) is 60.2 cm³/mol. The Morgan fingerprint density at radius 3 is 2.93 bits per heavy atom. The number of hydrogen-bond acceptors (Lipinski definition) is 1. The maximum atomic E-state index is 11.6. The Kier molecular flexibility index (Phi) is 4.92. The van der Waals surface area contributed by atoms with Crippen LogP contribution in [0.3, 0.4) is 0 Å². The van der Waals surface area contributed by atoms with E-state index in [-0.39, 0.29) is 0 Å². The maximum Gasteiger partial charge on any atom is 0.136 e. The molecule has 0 unspecified atom stereocenters. The fraction of sp³-hybridized carbons (Fsp3) is 0.769.